The zero-order chi connectivity index (χ0) is 30.6. The molecule has 0 spiro atoms. The Morgan fingerprint density at radius 1 is 0.289 bits per heavy atom. The van der Waals surface area contributed by atoms with E-state index in [0.717, 1.165) is 55.9 Å². The number of anilines is 2. The van der Waals surface area contributed by atoms with Crippen LogP contribution in [0.2, 0.25) is 0 Å². The number of benzene rings is 7. The van der Waals surface area contributed by atoms with Crippen LogP contribution in [0.5, 0.6) is 0 Å². The minimum atomic E-state index is -0.676. The van der Waals surface area contributed by atoms with Crippen molar-refractivity contribution in [3.63, 3.8) is 0 Å². The van der Waals surface area contributed by atoms with Gasteiger partial charge < -0.3 is 11.5 Å². The number of nitrogens with two attached hydrogens (primary N) is 2. The van der Waals surface area contributed by atoms with E-state index in [1.54, 1.807) is 0 Å². The molecule has 0 fully saturated rings. The minimum absolute atomic E-state index is 0.676. The molecule has 7 aromatic rings. The molecule has 0 saturated heterocycles. The van der Waals surface area contributed by atoms with Crippen molar-refractivity contribution in [3.8, 4) is 33.4 Å². The fraction of sp³-hybridized carbons (Fsp3) is 0.0233. The van der Waals surface area contributed by atoms with Gasteiger partial charge in [-0.25, -0.2) is 0 Å². The summed E-state index contributed by atoms with van der Waals surface area (Å²) in [6, 6.07) is 64.0. The second-order valence-corrected chi connectivity index (χ2v) is 11.4. The van der Waals surface area contributed by atoms with E-state index in [1.165, 1.54) is 11.1 Å². The summed E-state index contributed by atoms with van der Waals surface area (Å²) in [4.78, 5) is 0. The van der Waals surface area contributed by atoms with Crippen molar-refractivity contribution in [1.29, 1.82) is 0 Å². The fourth-order valence-electron chi connectivity index (χ4n) is 6.55. The Kier molecular flexibility index (Phi) is 7.47. The second-order valence-electron chi connectivity index (χ2n) is 11.4. The van der Waals surface area contributed by atoms with Gasteiger partial charge in [0.25, 0.3) is 0 Å². The average Bonchev–Trinajstić information content (AvgIpc) is 3.12. The molecule has 0 saturated carbocycles. The van der Waals surface area contributed by atoms with Gasteiger partial charge in [0, 0.05) is 22.5 Å². The van der Waals surface area contributed by atoms with Crippen LogP contribution in [-0.4, -0.2) is 0 Å². The summed E-state index contributed by atoms with van der Waals surface area (Å²) < 4.78 is 0. The standard InChI is InChI=1S/C43H34N2/c44-41-27-25-37(29-39(41)33-15-7-2-8-16-33)43(35-19-11-4-12-20-35,36-23-21-32(22-24-36)31-13-5-1-6-14-31)38-26-28-42(45)40(30-38)34-17-9-3-10-18-34/h1-30H,44-45H2. The summed E-state index contributed by atoms with van der Waals surface area (Å²) in [5, 5.41) is 0. The maximum Gasteiger partial charge on any atom is 0.0702 e. The van der Waals surface area contributed by atoms with Crippen LogP contribution < -0.4 is 11.5 Å². The first kappa shape index (κ1) is 27.9. The highest BCUT2D eigenvalue weighted by Gasteiger charge is 2.39. The second kappa shape index (κ2) is 12.0. The first-order chi connectivity index (χ1) is 22.1. The topological polar surface area (TPSA) is 52.0 Å². The molecule has 7 rings (SSSR count). The Balaban J connectivity index is 1.55. The molecule has 0 radical (unpaired) electrons. The quantitative estimate of drug-likeness (QED) is 0.146. The molecule has 0 unspecified atom stereocenters. The van der Waals surface area contributed by atoms with E-state index in [0.29, 0.717) is 0 Å². The number of hydrogen-bond acceptors (Lipinski definition) is 2. The van der Waals surface area contributed by atoms with Gasteiger partial charge in [-0.3, -0.25) is 0 Å². The molecule has 0 aliphatic rings. The Hall–Kier alpha value is -5.86. The summed E-state index contributed by atoms with van der Waals surface area (Å²) in [6.45, 7) is 0. The summed E-state index contributed by atoms with van der Waals surface area (Å²) in [5.74, 6) is 0. The molecule has 0 amide bonds. The van der Waals surface area contributed by atoms with Gasteiger partial charge in [-0.1, -0.05) is 158 Å². The Labute approximate surface area is 265 Å². The van der Waals surface area contributed by atoms with Gasteiger partial charge in [-0.15, -0.1) is 0 Å². The molecular weight excluding hydrogens is 544 g/mol. The average molecular weight is 579 g/mol. The highest BCUT2D eigenvalue weighted by molar-refractivity contribution is 5.81. The van der Waals surface area contributed by atoms with Crippen molar-refractivity contribution in [2.45, 2.75) is 5.41 Å². The monoisotopic (exact) mass is 578 g/mol. The normalized spacial score (nSPS) is 11.3. The lowest BCUT2D eigenvalue weighted by Gasteiger charge is -2.38. The zero-order valence-electron chi connectivity index (χ0n) is 25.0. The van der Waals surface area contributed by atoms with E-state index in [2.05, 4.69) is 158 Å². The predicted octanol–water partition coefficient (Wildman–Crippen LogP) is 10.2. The first-order valence-electron chi connectivity index (χ1n) is 15.3. The lowest BCUT2D eigenvalue weighted by molar-refractivity contribution is 0.746. The number of nitrogen functional groups attached to an aromatic ring is 2. The van der Waals surface area contributed by atoms with E-state index in [1.807, 2.05) is 24.3 Å². The first-order valence-corrected chi connectivity index (χ1v) is 15.3. The molecule has 4 N–H and O–H groups in total. The minimum Gasteiger partial charge on any atom is -0.398 e. The highest BCUT2D eigenvalue weighted by atomic mass is 14.6. The molecule has 0 aliphatic carbocycles. The van der Waals surface area contributed by atoms with Crippen LogP contribution in [0.1, 0.15) is 22.3 Å². The van der Waals surface area contributed by atoms with Gasteiger partial charge in [0.05, 0.1) is 5.41 Å². The van der Waals surface area contributed by atoms with Crippen LogP contribution in [0, 0.1) is 0 Å². The molecule has 7 aromatic carbocycles. The lowest BCUT2D eigenvalue weighted by atomic mass is 9.64. The van der Waals surface area contributed by atoms with Gasteiger partial charge in [0.2, 0.25) is 0 Å². The van der Waals surface area contributed by atoms with E-state index in [4.69, 9.17) is 11.5 Å². The maximum absolute atomic E-state index is 6.67. The van der Waals surface area contributed by atoms with E-state index < -0.39 is 5.41 Å². The van der Waals surface area contributed by atoms with Crippen LogP contribution in [0.15, 0.2) is 182 Å². The van der Waals surface area contributed by atoms with Gasteiger partial charge in [-0.2, -0.15) is 0 Å². The van der Waals surface area contributed by atoms with Gasteiger partial charge >= 0.3 is 0 Å². The van der Waals surface area contributed by atoms with Crippen LogP contribution >= 0.6 is 0 Å². The van der Waals surface area contributed by atoms with Crippen molar-refractivity contribution in [1.82, 2.24) is 0 Å². The third-order valence-corrected chi connectivity index (χ3v) is 8.77. The SMILES string of the molecule is Nc1ccc(C(c2ccccc2)(c2ccc(-c3ccccc3)cc2)c2ccc(N)c(-c3ccccc3)c2)cc1-c1ccccc1. The predicted molar refractivity (Wildman–Crippen MR) is 190 cm³/mol. The van der Waals surface area contributed by atoms with E-state index in [-0.39, 0.29) is 0 Å². The summed E-state index contributed by atoms with van der Waals surface area (Å²) in [6.07, 6.45) is 0. The third kappa shape index (κ3) is 5.17. The van der Waals surface area contributed by atoms with Gasteiger partial charge in [0.15, 0.2) is 0 Å². The summed E-state index contributed by atoms with van der Waals surface area (Å²) >= 11 is 0. The smallest absolute Gasteiger partial charge is 0.0702 e. The number of hydrogen-bond donors (Lipinski definition) is 2. The van der Waals surface area contributed by atoms with E-state index in [9.17, 15) is 0 Å². The highest BCUT2D eigenvalue weighted by Crippen LogP contribution is 2.48. The van der Waals surface area contributed by atoms with Crippen molar-refractivity contribution in [2.75, 3.05) is 11.5 Å². The number of rotatable bonds is 7. The molecule has 0 aromatic heterocycles. The fourth-order valence-corrected chi connectivity index (χ4v) is 6.55. The Morgan fingerprint density at radius 3 is 1.07 bits per heavy atom. The molecule has 216 valence electrons. The summed E-state index contributed by atoms with van der Waals surface area (Å²) in [7, 11) is 0. The molecule has 0 atom stereocenters. The van der Waals surface area contributed by atoms with Crippen molar-refractivity contribution >= 4 is 11.4 Å². The van der Waals surface area contributed by atoms with Crippen molar-refractivity contribution < 1.29 is 0 Å². The van der Waals surface area contributed by atoms with Crippen LogP contribution in [0.3, 0.4) is 0 Å². The zero-order valence-corrected chi connectivity index (χ0v) is 25.0. The molecule has 2 nitrogen and oxygen atoms in total. The lowest BCUT2D eigenvalue weighted by Crippen LogP contribution is -2.31. The molecular formula is C43H34N2. The summed E-state index contributed by atoms with van der Waals surface area (Å²) in [5.41, 5.74) is 25.2. The third-order valence-electron chi connectivity index (χ3n) is 8.77. The van der Waals surface area contributed by atoms with Crippen molar-refractivity contribution in [2.24, 2.45) is 0 Å². The van der Waals surface area contributed by atoms with Crippen molar-refractivity contribution in [3.05, 3.63) is 204 Å². The maximum atomic E-state index is 6.67. The van der Waals surface area contributed by atoms with Crippen LogP contribution in [-0.2, 0) is 5.41 Å². The molecule has 0 heterocycles. The molecule has 0 bridgehead atoms. The van der Waals surface area contributed by atoms with Crippen LogP contribution in [0.25, 0.3) is 33.4 Å². The Bertz CT molecular complexity index is 1940. The Morgan fingerprint density at radius 2 is 0.622 bits per heavy atom. The molecule has 0 aliphatic heterocycles. The van der Waals surface area contributed by atoms with Crippen LogP contribution in [0.4, 0.5) is 11.4 Å². The largest absolute Gasteiger partial charge is 0.398 e. The van der Waals surface area contributed by atoms with E-state index >= 15 is 0 Å². The molecule has 2 heteroatoms. The van der Waals surface area contributed by atoms with Gasteiger partial charge in [0.1, 0.15) is 0 Å². The molecule has 45 heavy (non-hydrogen) atoms. The van der Waals surface area contributed by atoms with Gasteiger partial charge in [-0.05, 0) is 68.8 Å².